The van der Waals surface area contributed by atoms with Crippen LogP contribution in [0, 0.1) is 0 Å². The van der Waals surface area contributed by atoms with Gasteiger partial charge in [-0.15, -0.1) is 0 Å². The molecule has 1 aliphatic heterocycles. The van der Waals surface area contributed by atoms with Crippen LogP contribution in [-0.2, 0) is 14.8 Å². The maximum absolute atomic E-state index is 11.9. The first-order chi connectivity index (χ1) is 7.87. The predicted molar refractivity (Wildman–Crippen MR) is 60.9 cm³/mol. The minimum atomic E-state index is -4.20. The van der Waals surface area contributed by atoms with Crippen molar-refractivity contribution in [2.75, 3.05) is 11.4 Å². The Balaban J connectivity index is 2.88. The van der Waals surface area contributed by atoms with Crippen LogP contribution < -0.4 is 4.31 Å². The summed E-state index contributed by atoms with van der Waals surface area (Å²) >= 11 is 0. The van der Waals surface area contributed by atoms with Gasteiger partial charge >= 0.3 is 5.97 Å². The van der Waals surface area contributed by atoms with E-state index in [2.05, 4.69) is 0 Å². The molecule has 1 aromatic rings. The third-order valence-corrected chi connectivity index (χ3v) is 4.33. The molecule has 1 aliphatic rings. The maximum Gasteiger partial charge on any atom is 0.353 e. The number of anilines is 1. The summed E-state index contributed by atoms with van der Waals surface area (Å²) in [6.45, 7) is 0. The number of benzene rings is 1. The van der Waals surface area contributed by atoms with Crippen molar-refractivity contribution >= 4 is 27.4 Å². The number of para-hydroxylation sites is 1. The zero-order chi connectivity index (χ0) is 12.8. The zero-order valence-electron chi connectivity index (χ0n) is 8.78. The molecule has 2 N–H and O–H groups in total. The fourth-order valence-electron chi connectivity index (χ4n) is 1.67. The number of fused-ring (bicyclic) bond motifs is 1. The highest BCUT2D eigenvalue weighted by Gasteiger charge is 2.39. The second kappa shape index (κ2) is 3.49. The molecule has 0 atom stereocenters. The summed E-state index contributed by atoms with van der Waals surface area (Å²) in [6, 6.07) is 6.13. The molecule has 0 amide bonds. The normalized spacial score (nSPS) is 17.8. The summed E-state index contributed by atoms with van der Waals surface area (Å²) in [6.07, 6.45) is 0. The molecule has 0 radical (unpaired) electrons. The Morgan fingerprint density at radius 1 is 1.29 bits per heavy atom. The van der Waals surface area contributed by atoms with Gasteiger partial charge in [-0.2, -0.15) is 0 Å². The number of aliphatic carboxylic acids is 1. The SMILES string of the molecule is CN1c2ccccc2C(O)=C(C(=O)O)S1(=O)=O. The van der Waals surface area contributed by atoms with E-state index in [1.807, 2.05) is 0 Å². The van der Waals surface area contributed by atoms with E-state index in [-0.39, 0.29) is 11.3 Å². The molecule has 0 fully saturated rings. The first kappa shape index (κ1) is 11.5. The molecule has 2 rings (SSSR count). The van der Waals surface area contributed by atoms with Gasteiger partial charge in [0.25, 0.3) is 10.0 Å². The lowest BCUT2D eigenvalue weighted by atomic mass is 10.1. The Bertz CT molecular complexity index is 632. The van der Waals surface area contributed by atoms with E-state index in [0.717, 1.165) is 4.31 Å². The number of sulfonamides is 1. The molecule has 1 aromatic carbocycles. The van der Waals surface area contributed by atoms with Gasteiger partial charge in [-0.1, -0.05) is 12.1 Å². The Labute approximate surface area is 97.5 Å². The van der Waals surface area contributed by atoms with Crippen molar-refractivity contribution in [2.24, 2.45) is 0 Å². The standard InChI is InChI=1S/C10H9NO5S/c1-11-7-5-3-2-4-6(7)8(12)9(10(13)14)17(11,15)16/h2-5,12H,1H3,(H,13,14). The predicted octanol–water partition coefficient (Wildman–Crippen LogP) is 0.777. The second-order valence-electron chi connectivity index (χ2n) is 3.47. The Hall–Kier alpha value is -2.02. The molecule has 0 unspecified atom stereocenters. The molecule has 7 heteroatoms. The van der Waals surface area contributed by atoms with Crippen molar-refractivity contribution in [3.63, 3.8) is 0 Å². The van der Waals surface area contributed by atoms with E-state index in [9.17, 15) is 18.3 Å². The summed E-state index contributed by atoms with van der Waals surface area (Å²) in [4.78, 5) is 9.91. The molecule has 17 heavy (non-hydrogen) atoms. The van der Waals surface area contributed by atoms with Gasteiger partial charge in [0.1, 0.15) is 0 Å². The van der Waals surface area contributed by atoms with Crippen molar-refractivity contribution < 1.29 is 23.4 Å². The number of rotatable bonds is 1. The molecule has 0 saturated carbocycles. The van der Waals surface area contributed by atoms with Crippen molar-refractivity contribution in [3.05, 3.63) is 34.7 Å². The van der Waals surface area contributed by atoms with Gasteiger partial charge in [0.05, 0.1) is 5.69 Å². The molecule has 0 aliphatic carbocycles. The van der Waals surface area contributed by atoms with E-state index < -0.39 is 26.7 Å². The van der Waals surface area contributed by atoms with Crippen molar-refractivity contribution in [3.8, 4) is 0 Å². The summed E-state index contributed by atoms with van der Waals surface area (Å²) < 4.78 is 24.5. The van der Waals surface area contributed by atoms with Crippen LogP contribution in [0.2, 0.25) is 0 Å². The lowest BCUT2D eigenvalue weighted by molar-refractivity contribution is -0.131. The van der Waals surface area contributed by atoms with Crippen LogP contribution in [-0.4, -0.2) is 31.6 Å². The number of aliphatic hydroxyl groups excluding tert-OH is 1. The number of hydrogen-bond donors (Lipinski definition) is 2. The topological polar surface area (TPSA) is 94.9 Å². The van der Waals surface area contributed by atoms with Gasteiger partial charge in [-0.05, 0) is 12.1 Å². The highest BCUT2D eigenvalue weighted by Crippen LogP contribution is 2.36. The van der Waals surface area contributed by atoms with Gasteiger partial charge in [0, 0.05) is 12.6 Å². The third kappa shape index (κ3) is 1.47. The minimum absolute atomic E-state index is 0.183. The number of hydrogen-bond acceptors (Lipinski definition) is 4. The summed E-state index contributed by atoms with van der Waals surface area (Å²) in [5.41, 5.74) is 0.428. The van der Waals surface area contributed by atoms with Crippen molar-refractivity contribution in [2.45, 2.75) is 0 Å². The molecule has 90 valence electrons. The monoisotopic (exact) mass is 255 g/mol. The van der Waals surface area contributed by atoms with E-state index in [0.29, 0.717) is 0 Å². The largest absolute Gasteiger partial charge is 0.506 e. The summed E-state index contributed by atoms with van der Waals surface area (Å²) in [7, 11) is -2.96. The smallest absolute Gasteiger partial charge is 0.353 e. The molecule has 0 spiro atoms. The molecular weight excluding hydrogens is 246 g/mol. The minimum Gasteiger partial charge on any atom is -0.506 e. The van der Waals surface area contributed by atoms with Crippen LogP contribution in [0.25, 0.3) is 5.76 Å². The number of carbonyl (C=O) groups is 1. The number of carboxylic acid groups (broad SMARTS) is 1. The Morgan fingerprint density at radius 2 is 1.88 bits per heavy atom. The number of carboxylic acids is 1. The average molecular weight is 255 g/mol. The maximum atomic E-state index is 11.9. The molecule has 0 bridgehead atoms. The van der Waals surface area contributed by atoms with Gasteiger partial charge in [-0.25, -0.2) is 13.2 Å². The van der Waals surface area contributed by atoms with E-state index in [1.54, 1.807) is 12.1 Å². The summed E-state index contributed by atoms with van der Waals surface area (Å²) in [5.74, 6) is -2.41. The fourth-order valence-corrected chi connectivity index (χ4v) is 2.94. The molecular formula is C10H9NO5S. The number of nitrogens with zero attached hydrogens (tertiary/aromatic N) is 1. The zero-order valence-corrected chi connectivity index (χ0v) is 9.60. The highest BCUT2D eigenvalue weighted by atomic mass is 32.2. The van der Waals surface area contributed by atoms with E-state index in [4.69, 9.17) is 5.11 Å². The first-order valence-corrected chi connectivity index (χ1v) is 6.06. The van der Waals surface area contributed by atoms with Crippen LogP contribution in [0.1, 0.15) is 5.56 Å². The lowest BCUT2D eigenvalue weighted by Gasteiger charge is -2.27. The van der Waals surface area contributed by atoms with Gasteiger partial charge < -0.3 is 10.2 Å². The van der Waals surface area contributed by atoms with Gasteiger partial charge in [0.15, 0.2) is 5.76 Å². The highest BCUT2D eigenvalue weighted by molar-refractivity contribution is 7.97. The van der Waals surface area contributed by atoms with Crippen LogP contribution in [0.3, 0.4) is 0 Å². The van der Waals surface area contributed by atoms with Crippen LogP contribution in [0.15, 0.2) is 29.2 Å². The van der Waals surface area contributed by atoms with E-state index >= 15 is 0 Å². The third-order valence-electron chi connectivity index (χ3n) is 2.53. The lowest BCUT2D eigenvalue weighted by Crippen LogP contribution is -2.35. The Kier molecular flexibility index (Phi) is 2.35. The quantitative estimate of drug-likeness (QED) is 0.773. The van der Waals surface area contributed by atoms with Gasteiger partial charge in [-0.3, -0.25) is 4.31 Å². The van der Waals surface area contributed by atoms with Crippen LogP contribution >= 0.6 is 0 Å². The van der Waals surface area contributed by atoms with Crippen LogP contribution in [0.5, 0.6) is 0 Å². The molecule has 0 aromatic heterocycles. The molecule has 0 saturated heterocycles. The second-order valence-corrected chi connectivity index (χ2v) is 5.38. The first-order valence-electron chi connectivity index (χ1n) is 4.62. The molecule has 6 nitrogen and oxygen atoms in total. The van der Waals surface area contributed by atoms with Crippen LogP contribution in [0.4, 0.5) is 5.69 Å². The van der Waals surface area contributed by atoms with Gasteiger partial charge in [0.2, 0.25) is 4.91 Å². The summed E-state index contributed by atoms with van der Waals surface area (Å²) in [5, 5.41) is 18.6. The molecule has 1 heterocycles. The van der Waals surface area contributed by atoms with E-state index in [1.165, 1.54) is 19.2 Å². The van der Waals surface area contributed by atoms with Crippen molar-refractivity contribution in [1.29, 1.82) is 0 Å². The van der Waals surface area contributed by atoms with Crippen molar-refractivity contribution in [1.82, 2.24) is 0 Å². The average Bonchev–Trinajstić information content (AvgIpc) is 2.25. The Morgan fingerprint density at radius 3 is 2.47 bits per heavy atom. The number of aliphatic hydroxyl groups is 1. The fraction of sp³-hybridized carbons (Fsp3) is 0.100.